The molecule has 1 heterocycles. The van der Waals surface area contributed by atoms with E-state index >= 15 is 0 Å². The van der Waals surface area contributed by atoms with E-state index < -0.39 is 77.6 Å². The second-order valence-electron chi connectivity index (χ2n) is 37.3. The first kappa shape index (κ1) is 123. The lowest BCUT2D eigenvalue weighted by Crippen LogP contribution is -2.57. The largest absolute Gasteiger partial charge is 0.490 e. The number of nitrogens with two attached hydrogens (primary N) is 1. The first-order chi connectivity index (χ1) is 66.6. The number of ether oxygens (including phenoxy) is 5. The molecular weight excluding hydrogens is 1900 g/mol. The number of ketones is 2. The lowest BCUT2D eigenvalue weighted by Gasteiger charge is -2.31. The van der Waals surface area contributed by atoms with Crippen molar-refractivity contribution in [2.24, 2.45) is 47.2 Å². The van der Waals surface area contributed by atoms with Gasteiger partial charge in [0.1, 0.15) is 66.1 Å². The number of alkyl carbamates (subject to hydrolysis) is 1. The Bertz CT molecular complexity index is 5360. The van der Waals surface area contributed by atoms with Crippen molar-refractivity contribution in [2.45, 2.75) is 275 Å². The van der Waals surface area contributed by atoms with Crippen LogP contribution in [-0.4, -0.2) is 175 Å². The lowest BCUT2D eigenvalue weighted by molar-refractivity contribution is -0.152. The van der Waals surface area contributed by atoms with E-state index in [0.29, 0.717) is 116 Å². The van der Waals surface area contributed by atoms with E-state index in [2.05, 4.69) is 21.3 Å². The van der Waals surface area contributed by atoms with E-state index in [9.17, 15) is 66.2 Å². The smallest absolute Gasteiger partial charge is 0.407 e. The van der Waals surface area contributed by atoms with Crippen molar-refractivity contribution in [1.82, 2.24) is 36.0 Å². The molecule has 8 aromatic rings. The van der Waals surface area contributed by atoms with Gasteiger partial charge in [0.2, 0.25) is 29.5 Å². The number of amides is 6. The van der Waals surface area contributed by atoms with Crippen LogP contribution in [0, 0.1) is 58.9 Å². The molecule has 4 aliphatic rings. The van der Waals surface area contributed by atoms with Gasteiger partial charge in [0.05, 0.1) is 42.2 Å². The molecule has 12 atom stereocenters. The van der Waals surface area contributed by atoms with Gasteiger partial charge in [-0.15, -0.1) is 0 Å². The summed E-state index contributed by atoms with van der Waals surface area (Å²) in [7, 11) is 4.87. The predicted octanol–water partition coefficient (Wildman–Crippen LogP) is 21.4. The maximum Gasteiger partial charge on any atom is 0.407 e. The van der Waals surface area contributed by atoms with Crippen LogP contribution in [0.3, 0.4) is 0 Å². The summed E-state index contributed by atoms with van der Waals surface area (Å²) in [6.45, 7) is 12.6. The maximum absolute atomic E-state index is 14.4. The fourth-order valence-corrected chi connectivity index (χ4v) is 17.2. The number of hydrogen-bond acceptors (Lipinski definition) is 17. The van der Waals surface area contributed by atoms with Gasteiger partial charge >= 0.3 is 18.0 Å². The number of carbonyl (C=O) groups is 10. The van der Waals surface area contributed by atoms with Crippen molar-refractivity contribution < 1.29 is 89.9 Å². The Morgan fingerprint density at radius 3 is 1.48 bits per heavy atom. The van der Waals surface area contributed by atoms with Crippen LogP contribution >= 0.6 is 34.8 Å². The molecule has 0 radical (unpaired) electrons. The van der Waals surface area contributed by atoms with Crippen LogP contribution in [0.15, 0.2) is 188 Å². The molecule has 0 unspecified atom stereocenters. The molecule has 30 heteroatoms. The van der Waals surface area contributed by atoms with E-state index in [4.69, 9.17) is 64.2 Å². The Morgan fingerprint density at radius 2 is 1.01 bits per heavy atom. The normalized spacial score (nSPS) is 17.4. The summed E-state index contributed by atoms with van der Waals surface area (Å²) in [5.41, 5.74) is 12.4. The number of carboxylic acid groups (broad SMARTS) is 1. The molecule has 6 amide bonds. The number of carbonyl (C=O) groups excluding carboxylic acids is 9. The van der Waals surface area contributed by atoms with Gasteiger partial charge in [-0.05, 0) is 281 Å². The lowest BCUT2D eigenvalue weighted by atomic mass is 9.91. The van der Waals surface area contributed by atoms with Crippen LogP contribution < -0.4 is 41.2 Å². The molecule has 8 aromatic carbocycles. The van der Waals surface area contributed by atoms with Gasteiger partial charge in [0, 0.05) is 105 Å². The van der Waals surface area contributed by atoms with Crippen molar-refractivity contribution in [3.8, 4) is 17.2 Å². The maximum atomic E-state index is 14.4. The molecule has 3 fully saturated rings. The van der Waals surface area contributed by atoms with E-state index in [0.717, 1.165) is 89.5 Å². The number of rotatable bonds is 42. The monoisotopic (exact) mass is 2050 g/mol. The predicted molar refractivity (Wildman–Crippen MR) is 564 cm³/mol. The molecule has 0 saturated heterocycles. The molecule has 1 aliphatic heterocycles. The van der Waals surface area contributed by atoms with Crippen molar-refractivity contribution >= 4 is 93.9 Å². The number of aliphatic carboxylic acids is 1. The van der Waals surface area contributed by atoms with Crippen molar-refractivity contribution in [3.05, 3.63) is 265 Å². The van der Waals surface area contributed by atoms with Gasteiger partial charge in [-0.1, -0.05) is 187 Å². The first-order valence-corrected chi connectivity index (χ1v) is 49.6. The second kappa shape index (κ2) is 61.8. The molecule has 788 valence electrons. The summed E-state index contributed by atoms with van der Waals surface area (Å²) in [6, 6.07) is 49.8. The third-order valence-electron chi connectivity index (χ3n) is 26.2. The number of carboxylic acids is 1. The number of halogens is 6. The van der Waals surface area contributed by atoms with Crippen LogP contribution in [0.4, 0.5) is 18.0 Å². The van der Waals surface area contributed by atoms with E-state index in [1.165, 1.54) is 51.1 Å². The third-order valence-corrected chi connectivity index (χ3v) is 27.0. The number of nitrogens with zero attached hydrogens (tertiary/aromatic N) is 3. The molecule has 12 rings (SSSR count). The van der Waals surface area contributed by atoms with E-state index in [1.54, 1.807) is 109 Å². The third kappa shape index (κ3) is 40.2. The highest BCUT2D eigenvalue weighted by Crippen LogP contribution is 2.43. The minimum absolute atomic E-state index is 0. The standard InChI is InChI=1S/C47H54ClFN2O7.C32H42ClFN2O5.C30H38ClFN4O4.5CH4/c1-32(58-44-29-41(49)24-21-38(44)15-10-26-50-47(55)57-31-36-13-8-5-9-14-36)16-25-42(37-19-20-37)45(53)51(3)33(2)43(52)28-39(27-34-17-22-40(48)23-18-34)46(54)56-30-35-11-6-4-7-12-35;1-20(41-30-19-27(34)14-11-24(30)5-4-16-35)6-15-28(23-9-10-23)31(38)36(3)21(2)29(37)18-25(32(39)40)17-22-7-12-26(33)13-8-22;1-18-17-34-27(22-8-9-22)30(39)36(3)19(2)28(37)35-25(15-20-6-11-23(31)12-7-20)29(38)33-14-4-5-21-10-13-24(32)16-26(21)40-18;;;;;/h4-9,11-14,17-18,21-24,29,32-33,37,39,42H,10,15-16,19-20,25-28,30-31H2,1-3H3,(H,50,55);7-8,11-14,19-21,23,25,28H,4-6,9-10,15-18,35H2,1-3H3,(H,39,40);6-7,10-13,16,18-19,22,25,27,34H,4-5,8-9,14-15,17H2,1-3H3,(H,33,38)(H,35,37);5*1H4/t32-,33-,39+,42+;20-,21-,25+,28+;18-,19-,25-,27+;;;;;/m111...../s1. The first-order valence-electron chi connectivity index (χ1n) is 48.4. The molecule has 144 heavy (non-hydrogen) atoms. The Kier molecular flexibility index (Phi) is 52.8. The van der Waals surface area contributed by atoms with Crippen LogP contribution in [0.1, 0.15) is 219 Å². The van der Waals surface area contributed by atoms with Crippen LogP contribution in [0.25, 0.3) is 0 Å². The molecule has 3 aliphatic carbocycles. The topological polar surface area (TPSA) is 321 Å². The zero-order valence-corrected chi connectivity index (χ0v) is 83.2. The Morgan fingerprint density at radius 1 is 0.556 bits per heavy atom. The van der Waals surface area contributed by atoms with Crippen molar-refractivity contribution in [3.63, 3.8) is 0 Å². The average Bonchev–Trinajstić information content (AvgIpc) is 1.69. The van der Waals surface area contributed by atoms with Gasteiger partial charge in [-0.2, -0.15) is 0 Å². The number of aryl methyl sites for hydroxylation is 3. The molecule has 3 saturated carbocycles. The molecule has 0 bridgehead atoms. The fraction of sp³-hybridized carbons (Fsp3) is 0.491. The summed E-state index contributed by atoms with van der Waals surface area (Å²) >= 11 is 18.0. The number of fused-ring (bicyclic) bond motifs is 1. The highest BCUT2D eigenvalue weighted by molar-refractivity contribution is 6.31. The van der Waals surface area contributed by atoms with Crippen LogP contribution in [-0.2, 0) is 104 Å². The molecule has 24 nitrogen and oxygen atoms in total. The van der Waals surface area contributed by atoms with Gasteiger partial charge in [-0.25, -0.2) is 18.0 Å². The minimum Gasteiger partial charge on any atom is -0.490 e. The summed E-state index contributed by atoms with van der Waals surface area (Å²) in [4.78, 5) is 136. The number of hydrogen-bond donors (Lipinski definition) is 6. The second-order valence-corrected chi connectivity index (χ2v) is 38.6. The van der Waals surface area contributed by atoms with Crippen LogP contribution in [0.2, 0.25) is 15.1 Å². The summed E-state index contributed by atoms with van der Waals surface area (Å²) in [5.74, 6) is -4.53. The summed E-state index contributed by atoms with van der Waals surface area (Å²) in [6.07, 6.45) is 10.8. The average molecular weight is 2060 g/mol. The molecule has 0 spiro atoms. The van der Waals surface area contributed by atoms with Crippen molar-refractivity contribution in [1.29, 1.82) is 0 Å². The SMILES string of the molecule is C.C.C.C.C.C[C@@H]1CN[C@@H](C2CC2)C(=O)N(C)[C@H](C)C(=O)N[C@H](Cc2ccc(Cl)cc2)C(=O)NCCCc2ccc(F)cc2O1.C[C@H](CC[C@H](C(=O)N(C)[C@H](C)C(=O)C[C@H](Cc1ccc(Cl)cc1)C(=O)O)C1CC1)Oc1cc(F)ccc1CCCN.C[C@H](CC[C@H](C(=O)N(C)[C@H](C)C(=O)C[C@H](Cc1ccc(Cl)cc1)C(=O)OCc1ccccc1)C1CC1)Oc1cc(F)ccc1CCCNC(=O)OCc1ccccc1. The summed E-state index contributed by atoms with van der Waals surface area (Å²) in [5, 5.41) is 23.3. The number of benzene rings is 8. The van der Waals surface area contributed by atoms with Crippen molar-refractivity contribution in [2.75, 3.05) is 47.3 Å². The van der Waals surface area contributed by atoms with E-state index in [-0.39, 0.29) is 171 Å². The number of likely N-dealkylation sites (N-methyl/N-ethyl adjacent to an activating group) is 3. The number of esters is 1. The minimum atomic E-state index is -1.05. The highest BCUT2D eigenvalue weighted by Gasteiger charge is 2.44. The molecule has 7 N–H and O–H groups in total. The van der Waals surface area contributed by atoms with Gasteiger partial charge in [-0.3, -0.25) is 43.2 Å². The number of nitrogens with one attached hydrogen (secondary N) is 4. The fourth-order valence-electron chi connectivity index (χ4n) is 16.9. The Labute approximate surface area is 866 Å². The highest BCUT2D eigenvalue weighted by atomic mass is 35.5. The quantitative estimate of drug-likeness (QED) is 0.0153. The molecular formula is C114H154Cl3F3N8O16. The van der Waals surface area contributed by atoms with Gasteiger partial charge in [0.15, 0.2) is 11.6 Å². The zero-order chi connectivity index (χ0) is 100. The Balaban J connectivity index is 0.000000383. The van der Waals surface area contributed by atoms with E-state index in [1.807, 2.05) is 106 Å². The van der Waals surface area contributed by atoms with Gasteiger partial charge in [0.25, 0.3) is 0 Å². The van der Waals surface area contributed by atoms with Gasteiger partial charge < -0.3 is 70.5 Å². The van der Waals surface area contributed by atoms with Crippen LogP contribution in [0.5, 0.6) is 17.2 Å². The number of Topliss-reactive ketones (excluding diaryl/α,β-unsaturated/α-hetero) is 2. The molecule has 0 aromatic heterocycles. The summed E-state index contributed by atoms with van der Waals surface area (Å²) < 4.78 is 71.8. The Hall–Kier alpha value is -11.4. The zero-order valence-electron chi connectivity index (χ0n) is 80.9.